The van der Waals surface area contributed by atoms with Crippen LogP contribution in [-0.2, 0) is 7.05 Å². The topological polar surface area (TPSA) is 16.8 Å². The van der Waals surface area contributed by atoms with Gasteiger partial charge < -0.3 is 0 Å². The lowest BCUT2D eigenvalue weighted by molar-refractivity contribution is -0.671. The number of aryl methyl sites for hydroxylation is 1. The van der Waals surface area contributed by atoms with Gasteiger partial charge in [-0.1, -0.05) is 127 Å². The van der Waals surface area contributed by atoms with Gasteiger partial charge in [-0.05, 0) is 11.6 Å². The van der Waals surface area contributed by atoms with E-state index < -0.39 is 6.15 Å². The molecule has 38 heavy (non-hydrogen) atoms. The Bertz CT molecular complexity index is 1360. The van der Waals surface area contributed by atoms with E-state index in [1.807, 2.05) is 36.3 Å². The molecule has 0 spiro atoms. The average Bonchev–Trinajstić information content (AvgIpc) is 3.01. The Morgan fingerprint density at radius 1 is 0.447 bits per heavy atom. The minimum absolute atomic E-state index is 1.16. The first-order chi connectivity index (χ1) is 18.8. The average molecular weight is 490 g/mol. The summed E-state index contributed by atoms with van der Waals surface area (Å²) in [5, 5.41) is 0. The summed E-state index contributed by atoms with van der Waals surface area (Å²) in [6.07, 6.45) is 6.50. The van der Waals surface area contributed by atoms with Crippen molar-refractivity contribution in [3.63, 3.8) is 0 Å². The first-order valence-corrected chi connectivity index (χ1v) is 13.0. The van der Waals surface area contributed by atoms with Crippen LogP contribution in [0, 0.1) is 0 Å². The van der Waals surface area contributed by atoms with Gasteiger partial charge >= 0.3 is 0 Å². The predicted molar refractivity (Wildman–Crippen MR) is 161 cm³/mol. The van der Waals surface area contributed by atoms with Crippen molar-refractivity contribution in [1.29, 1.82) is 0 Å². The smallest absolute Gasteiger partial charge is 0.169 e. The lowest BCUT2D eigenvalue weighted by Gasteiger charge is -2.44. The number of pyridine rings is 2. The molecular formula is C35H31BN2. The van der Waals surface area contributed by atoms with Crippen molar-refractivity contribution >= 4 is 28.0 Å². The lowest BCUT2D eigenvalue weighted by atomic mass is 9.13. The summed E-state index contributed by atoms with van der Waals surface area (Å²) >= 11 is 0. The van der Waals surface area contributed by atoms with Crippen LogP contribution in [0.15, 0.2) is 170 Å². The highest BCUT2D eigenvalue weighted by Crippen LogP contribution is 2.15. The molecule has 0 aliphatic carbocycles. The molecule has 0 aliphatic rings. The molecule has 0 saturated heterocycles. The summed E-state index contributed by atoms with van der Waals surface area (Å²) < 4.78 is 2.01. The van der Waals surface area contributed by atoms with E-state index in [-0.39, 0.29) is 0 Å². The number of aromatic nitrogens is 2. The van der Waals surface area contributed by atoms with E-state index in [0.29, 0.717) is 0 Å². The van der Waals surface area contributed by atoms with Crippen molar-refractivity contribution in [2.24, 2.45) is 7.05 Å². The molecule has 0 fully saturated rings. The van der Waals surface area contributed by atoms with E-state index in [2.05, 4.69) is 145 Å². The zero-order valence-electron chi connectivity index (χ0n) is 21.6. The fourth-order valence-electron chi connectivity index (χ4n) is 5.35. The fraction of sp³-hybridized carbons (Fsp3) is 0.0286. The van der Waals surface area contributed by atoms with Gasteiger partial charge in [-0.2, -0.15) is 21.9 Å². The molecule has 0 saturated carbocycles. The van der Waals surface area contributed by atoms with Crippen molar-refractivity contribution in [2.45, 2.75) is 0 Å². The van der Waals surface area contributed by atoms with Crippen LogP contribution in [0.25, 0.3) is 11.1 Å². The van der Waals surface area contributed by atoms with Gasteiger partial charge in [0.15, 0.2) is 12.4 Å². The zero-order valence-corrected chi connectivity index (χ0v) is 21.6. The molecule has 0 atom stereocenters. The van der Waals surface area contributed by atoms with E-state index in [4.69, 9.17) is 0 Å². The second kappa shape index (κ2) is 12.0. The number of nitrogens with zero attached hydrogens (tertiary/aromatic N) is 2. The molecule has 2 aromatic heterocycles. The Hall–Kier alpha value is -4.76. The minimum atomic E-state index is -1.22. The summed E-state index contributed by atoms with van der Waals surface area (Å²) in [6.45, 7) is 0. The maximum Gasteiger partial charge on any atom is 0.169 e. The molecule has 6 aromatic rings. The SMILES string of the molecule is C[n+]1ccc(-c2cccnc2)cc1.c1ccc([B-](c2ccccc2)(c2ccccc2)c2ccccc2)cc1. The molecule has 2 heterocycles. The standard InChI is InChI=1S/C24H20B.C11H11N2/c1-5-13-21(14-6-1)25(22-15-7-2-8-16-22,23-17-9-3-10-18-23)24-19-11-4-12-20-24;1-13-7-4-10(5-8-13)11-3-2-6-12-9-11/h1-20H;2-9H,1H3/q-1;+1. The Balaban J connectivity index is 0.000000190. The molecule has 0 aliphatic heterocycles. The largest absolute Gasteiger partial charge is 0.264 e. The maximum absolute atomic E-state index is 4.08. The molecule has 0 bridgehead atoms. The van der Waals surface area contributed by atoms with Gasteiger partial charge in [0.2, 0.25) is 0 Å². The fourth-order valence-corrected chi connectivity index (χ4v) is 5.35. The minimum Gasteiger partial charge on any atom is -0.264 e. The van der Waals surface area contributed by atoms with Crippen molar-refractivity contribution in [1.82, 2.24) is 4.98 Å². The zero-order chi connectivity index (χ0) is 26.0. The lowest BCUT2D eigenvalue weighted by Crippen LogP contribution is -2.74. The van der Waals surface area contributed by atoms with Crippen molar-refractivity contribution in [3.8, 4) is 11.1 Å². The summed E-state index contributed by atoms with van der Waals surface area (Å²) in [7, 11) is 2.01. The normalized spacial score (nSPS) is 10.8. The van der Waals surface area contributed by atoms with Crippen molar-refractivity contribution in [2.75, 3.05) is 0 Å². The molecule has 184 valence electrons. The van der Waals surface area contributed by atoms with Crippen molar-refractivity contribution < 1.29 is 4.57 Å². The number of rotatable bonds is 5. The van der Waals surface area contributed by atoms with Crippen molar-refractivity contribution in [3.05, 3.63) is 170 Å². The van der Waals surface area contributed by atoms with Crippen LogP contribution in [0.1, 0.15) is 0 Å². The van der Waals surface area contributed by atoms with Crippen LogP contribution in [0.5, 0.6) is 0 Å². The van der Waals surface area contributed by atoms with Gasteiger partial charge in [0.05, 0.1) is 0 Å². The molecular weight excluding hydrogens is 459 g/mol. The van der Waals surface area contributed by atoms with Crippen LogP contribution in [0.4, 0.5) is 0 Å². The predicted octanol–water partition coefficient (Wildman–Crippen LogP) is 4.64. The monoisotopic (exact) mass is 490 g/mol. The quantitative estimate of drug-likeness (QED) is 0.254. The highest BCUT2D eigenvalue weighted by atomic mass is 14.9. The Labute approximate surface area is 225 Å². The van der Waals surface area contributed by atoms with Crippen LogP contribution in [0.3, 0.4) is 0 Å². The van der Waals surface area contributed by atoms with Crippen LogP contribution >= 0.6 is 0 Å². The third kappa shape index (κ3) is 5.33. The molecule has 3 heteroatoms. The van der Waals surface area contributed by atoms with Crippen LogP contribution in [-0.4, -0.2) is 11.1 Å². The highest BCUT2D eigenvalue weighted by molar-refractivity contribution is 7.19. The van der Waals surface area contributed by atoms with Gasteiger partial charge in [0, 0.05) is 30.1 Å². The summed E-state index contributed by atoms with van der Waals surface area (Å²) in [4.78, 5) is 4.08. The number of hydrogen-bond acceptors (Lipinski definition) is 1. The Morgan fingerprint density at radius 3 is 1.18 bits per heavy atom. The van der Waals surface area contributed by atoms with E-state index in [1.165, 1.54) is 27.4 Å². The van der Waals surface area contributed by atoms with Gasteiger partial charge in [-0.3, -0.25) is 4.98 Å². The van der Waals surface area contributed by atoms with E-state index in [1.54, 1.807) is 6.20 Å². The molecule has 6 rings (SSSR count). The molecule has 0 amide bonds. The van der Waals surface area contributed by atoms with Gasteiger partial charge in [0.25, 0.3) is 0 Å². The number of benzene rings is 4. The summed E-state index contributed by atoms with van der Waals surface area (Å²) in [5.74, 6) is 0. The van der Waals surface area contributed by atoms with Gasteiger partial charge in [-0.25, -0.2) is 4.57 Å². The molecule has 0 unspecified atom stereocenters. The Kier molecular flexibility index (Phi) is 7.86. The van der Waals surface area contributed by atoms with Gasteiger partial charge in [0.1, 0.15) is 13.2 Å². The molecule has 0 N–H and O–H groups in total. The van der Waals surface area contributed by atoms with Crippen LogP contribution < -0.4 is 26.4 Å². The van der Waals surface area contributed by atoms with E-state index in [0.717, 1.165) is 5.56 Å². The third-order valence-corrected chi connectivity index (χ3v) is 7.17. The second-order valence-electron chi connectivity index (χ2n) is 9.50. The second-order valence-corrected chi connectivity index (χ2v) is 9.50. The molecule has 4 aromatic carbocycles. The third-order valence-electron chi connectivity index (χ3n) is 7.17. The summed E-state index contributed by atoms with van der Waals surface area (Å²) in [6, 6.07) is 51.7. The first kappa shape index (κ1) is 24.9. The van der Waals surface area contributed by atoms with E-state index in [9.17, 15) is 0 Å². The Morgan fingerprint density at radius 2 is 0.842 bits per heavy atom. The van der Waals surface area contributed by atoms with Crippen LogP contribution in [0.2, 0.25) is 0 Å². The maximum atomic E-state index is 4.08. The molecule has 2 nitrogen and oxygen atoms in total. The first-order valence-electron chi connectivity index (χ1n) is 13.0. The van der Waals surface area contributed by atoms with Gasteiger partial charge in [-0.15, -0.1) is 0 Å². The highest BCUT2D eigenvalue weighted by Gasteiger charge is 2.31. The number of hydrogen-bond donors (Lipinski definition) is 0. The summed E-state index contributed by atoms with van der Waals surface area (Å²) in [5.41, 5.74) is 7.71. The molecule has 0 radical (unpaired) electrons. The van der Waals surface area contributed by atoms with E-state index >= 15 is 0 Å².